The Balaban J connectivity index is 1.30. The van der Waals surface area contributed by atoms with Crippen LogP contribution in [0.4, 0.5) is 4.39 Å². The fourth-order valence-corrected chi connectivity index (χ4v) is 3.99. The van der Waals surface area contributed by atoms with E-state index in [-0.39, 0.29) is 17.6 Å². The lowest BCUT2D eigenvalue weighted by Gasteiger charge is -2.31. The normalized spacial score (nSPS) is 15.1. The topological polar surface area (TPSA) is 45.2 Å². The van der Waals surface area contributed by atoms with Crippen LogP contribution in [-0.2, 0) is 17.9 Å². The van der Waals surface area contributed by atoms with Gasteiger partial charge in [0, 0.05) is 37.0 Å². The molecule has 0 atom stereocenters. The zero-order valence-corrected chi connectivity index (χ0v) is 16.9. The second-order valence-corrected chi connectivity index (χ2v) is 7.79. The number of pyridine rings is 1. The number of hydrogen-bond donors (Lipinski definition) is 1. The van der Waals surface area contributed by atoms with Crippen molar-refractivity contribution in [3.8, 4) is 11.1 Å². The molecule has 1 saturated heterocycles. The first kappa shape index (κ1) is 20.2. The molecule has 2 aromatic carbocycles. The molecule has 1 amide bonds. The van der Waals surface area contributed by atoms with Gasteiger partial charge in [-0.1, -0.05) is 42.5 Å². The highest BCUT2D eigenvalue weighted by molar-refractivity contribution is 5.78. The number of carbonyl (C=O) groups excluding carboxylic acids is 1. The van der Waals surface area contributed by atoms with Crippen molar-refractivity contribution in [1.82, 2.24) is 15.2 Å². The summed E-state index contributed by atoms with van der Waals surface area (Å²) in [5, 5.41) is 3.00. The number of aromatic nitrogens is 1. The zero-order valence-electron chi connectivity index (χ0n) is 16.9. The summed E-state index contributed by atoms with van der Waals surface area (Å²) in [6.45, 7) is 3.11. The molecule has 2 heterocycles. The minimum Gasteiger partial charge on any atom is -0.352 e. The van der Waals surface area contributed by atoms with Gasteiger partial charge in [-0.25, -0.2) is 4.39 Å². The molecule has 5 heteroatoms. The van der Waals surface area contributed by atoms with Crippen LogP contribution in [0.5, 0.6) is 0 Å². The molecule has 1 aromatic heterocycles. The maximum atomic E-state index is 13.0. The van der Waals surface area contributed by atoms with E-state index in [2.05, 4.69) is 45.5 Å². The van der Waals surface area contributed by atoms with Crippen LogP contribution in [0.1, 0.15) is 24.0 Å². The summed E-state index contributed by atoms with van der Waals surface area (Å²) in [6.07, 6.45) is 5.39. The number of rotatable bonds is 6. The quantitative estimate of drug-likeness (QED) is 0.663. The lowest BCUT2D eigenvalue weighted by Crippen LogP contribution is -2.40. The molecule has 0 aliphatic carbocycles. The standard InChI is InChI=1S/C25H26FN3O/c26-23-9-7-19(8-10-23)16-28-25(30)20-11-14-29(15-12-20)18-22-4-1-2-6-24(22)21-5-3-13-27-17-21/h1-10,13,17,20H,11-12,14-16,18H2,(H,28,30). The summed E-state index contributed by atoms with van der Waals surface area (Å²) in [6, 6.07) is 18.7. The molecule has 0 saturated carbocycles. The lowest BCUT2D eigenvalue weighted by atomic mass is 9.94. The first-order chi connectivity index (χ1) is 14.7. The first-order valence-corrected chi connectivity index (χ1v) is 10.4. The number of nitrogens with zero attached hydrogens (tertiary/aromatic N) is 2. The van der Waals surface area contributed by atoms with Crippen molar-refractivity contribution in [2.75, 3.05) is 13.1 Å². The number of hydrogen-bond acceptors (Lipinski definition) is 3. The number of piperidine rings is 1. The van der Waals surface area contributed by atoms with E-state index in [1.54, 1.807) is 18.3 Å². The van der Waals surface area contributed by atoms with E-state index in [1.807, 2.05) is 12.3 Å². The van der Waals surface area contributed by atoms with E-state index in [4.69, 9.17) is 0 Å². The number of likely N-dealkylation sites (tertiary alicyclic amines) is 1. The molecule has 1 aliphatic rings. The van der Waals surface area contributed by atoms with Crippen molar-refractivity contribution in [2.24, 2.45) is 5.92 Å². The Morgan fingerprint density at radius 2 is 1.80 bits per heavy atom. The third-order valence-corrected chi connectivity index (χ3v) is 5.72. The van der Waals surface area contributed by atoms with Gasteiger partial charge in [-0.15, -0.1) is 0 Å². The van der Waals surface area contributed by atoms with Crippen molar-refractivity contribution < 1.29 is 9.18 Å². The average Bonchev–Trinajstić information content (AvgIpc) is 2.80. The van der Waals surface area contributed by atoms with Crippen LogP contribution in [0.25, 0.3) is 11.1 Å². The fraction of sp³-hybridized carbons (Fsp3) is 0.280. The maximum absolute atomic E-state index is 13.0. The molecule has 1 aliphatic heterocycles. The number of carbonyl (C=O) groups is 1. The summed E-state index contributed by atoms with van der Waals surface area (Å²) in [5.41, 5.74) is 4.53. The summed E-state index contributed by atoms with van der Waals surface area (Å²) >= 11 is 0. The van der Waals surface area contributed by atoms with Gasteiger partial charge in [-0.2, -0.15) is 0 Å². The van der Waals surface area contributed by atoms with Gasteiger partial charge in [-0.3, -0.25) is 14.7 Å². The highest BCUT2D eigenvalue weighted by Crippen LogP contribution is 2.26. The number of nitrogens with one attached hydrogen (secondary N) is 1. The molecular weight excluding hydrogens is 377 g/mol. The third-order valence-electron chi connectivity index (χ3n) is 5.72. The molecule has 154 valence electrons. The SMILES string of the molecule is O=C(NCc1ccc(F)cc1)C1CCN(Cc2ccccc2-c2cccnc2)CC1. The predicted octanol–water partition coefficient (Wildman–Crippen LogP) is 4.42. The largest absolute Gasteiger partial charge is 0.352 e. The number of benzene rings is 2. The van der Waals surface area contributed by atoms with Gasteiger partial charge in [0.25, 0.3) is 0 Å². The molecule has 3 aromatic rings. The molecule has 0 spiro atoms. The van der Waals surface area contributed by atoms with Gasteiger partial charge in [0.2, 0.25) is 5.91 Å². The Hall–Kier alpha value is -3.05. The Kier molecular flexibility index (Phi) is 6.50. The van der Waals surface area contributed by atoms with E-state index in [1.165, 1.54) is 23.3 Å². The fourth-order valence-electron chi connectivity index (χ4n) is 3.99. The molecule has 0 unspecified atom stereocenters. The summed E-state index contributed by atoms with van der Waals surface area (Å²) in [4.78, 5) is 19.2. The van der Waals surface area contributed by atoms with Crippen LogP contribution in [0, 0.1) is 11.7 Å². The highest BCUT2D eigenvalue weighted by Gasteiger charge is 2.25. The van der Waals surface area contributed by atoms with E-state index in [9.17, 15) is 9.18 Å². The first-order valence-electron chi connectivity index (χ1n) is 10.4. The minimum absolute atomic E-state index is 0.0373. The van der Waals surface area contributed by atoms with Gasteiger partial charge in [0.1, 0.15) is 5.82 Å². The summed E-state index contributed by atoms with van der Waals surface area (Å²) in [7, 11) is 0. The van der Waals surface area contributed by atoms with Crippen LogP contribution in [0.15, 0.2) is 73.1 Å². The van der Waals surface area contributed by atoms with Gasteiger partial charge in [0.15, 0.2) is 0 Å². The Morgan fingerprint density at radius 1 is 1.03 bits per heavy atom. The number of amides is 1. The van der Waals surface area contributed by atoms with Crippen molar-refractivity contribution in [2.45, 2.75) is 25.9 Å². The van der Waals surface area contributed by atoms with Crippen LogP contribution in [0.3, 0.4) is 0 Å². The minimum atomic E-state index is -0.262. The summed E-state index contributed by atoms with van der Waals surface area (Å²) < 4.78 is 13.0. The van der Waals surface area contributed by atoms with Crippen LogP contribution < -0.4 is 5.32 Å². The van der Waals surface area contributed by atoms with E-state index in [0.717, 1.165) is 43.6 Å². The van der Waals surface area contributed by atoms with Gasteiger partial charge in [0.05, 0.1) is 0 Å². The van der Waals surface area contributed by atoms with Crippen LogP contribution in [-0.4, -0.2) is 28.9 Å². The van der Waals surface area contributed by atoms with Crippen LogP contribution >= 0.6 is 0 Å². The molecule has 4 rings (SSSR count). The van der Waals surface area contributed by atoms with Crippen molar-refractivity contribution in [3.63, 3.8) is 0 Å². The Morgan fingerprint density at radius 3 is 2.53 bits per heavy atom. The van der Waals surface area contributed by atoms with E-state index >= 15 is 0 Å². The second-order valence-electron chi connectivity index (χ2n) is 7.79. The smallest absolute Gasteiger partial charge is 0.223 e. The zero-order chi connectivity index (χ0) is 20.8. The molecule has 4 nitrogen and oxygen atoms in total. The lowest BCUT2D eigenvalue weighted by molar-refractivity contribution is -0.126. The van der Waals surface area contributed by atoms with E-state index in [0.29, 0.717) is 6.54 Å². The van der Waals surface area contributed by atoms with E-state index < -0.39 is 0 Å². The third kappa shape index (κ3) is 5.10. The average molecular weight is 404 g/mol. The molecule has 1 N–H and O–H groups in total. The van der Waals surface area contributed by atoms with Crippen molar-refractivity contribution in [3.05, 3.63) is 90.0 Å². The number of halogens is 1. The van der Waals surface area contributed by atoms with Crippen LogP contribution in [0.2, 0.25) is 0 Å². The summed E-state index contributed by atoms with van der Waals surface area (Å²) in [5.74, 6) is -0.132. The van der Waals surface area contributed by atoms with Gasteiger partial charge >= 0.3 is 0 Å². The van der Waals surface area contributed by atoms with Crippen molar-refractivity contribution >= 4 is 5.91 Å². The monoisotopic (exact) mass is 403 g/mol. The molecule has 0 bridgehead atoms. The molecular formula is C25H26FN3O. The van der Waals surface area contributed by atoms with Crippen molar-refractivity contribution in [1.29, 1.82) is 0 Å². The molecule has 0 radical (unpaired) electrons. The predicted molar refractivity (Wildman–Crippen MR) is 116 cm³/mol. The Bertz CT molecular complexity index is 967. The molecule has 1 fully saturated rings. The molecule has 30 heavy (non-hydrogen) atoms. The van der Waals surface area contributed by atoms with Gasteiger partial charge in [-0.05, 0) is 60.8 Å². The van der Waals surface area contributed by atoms with Gasteiger partial charge < -0.3 is 5.32 Å². The highest BCUT2D eigenvalue weighted by atomic mass is 19.1. The Labute approximate surface area is 176 Å². The maximum Gasteiger partial charge on any atom is 0.223 e. The second kappa shape index (κ2) is 9.63.